The minimum absolute atomic E-state index is 0.129. The second-order valence-corrected chi connectivity index (χ2v) is 4.54. The molecule has 1 aromatic carbocycles. The third kappa shape index (κ3) is 2.90. The number of ketones is 2. The molecule has 1 aliphatic carbocycles. The Bertz CT molecular complexity index is 558. The van der Waals surface area contributed by atoms with E-state index < -0.39 is 0 Å². The standard InChI is InChI=1S/C16H18O4/c1-3-5-8-20-15-10-14(17)12-7-6-11(19-4-2)9-13(12)16(15)18/h6-7,9-10H,3-5,8H2,1-2H3. The number of ether oxygens (including phenoxy) is 2. The maximum atomic E-state index is 12.3. The molecule has 0 atom stereocenters. The monoisotopic (exact) mass is 274 g/mol. The van der Waals surface area contributed by atoms with Crippen LogP contribution in [0.3, 0.4) is 0 Å². The molecule has 4 nitrogen and oxygen atoms in total. The maximum Gasteiger partial charge on any atom is 0.228 e. The van der Waals surface area contributed by atoms with Gasteiger partial charge in [-0.1, -0.05) is 13.3 Å². The van der Waals surface area contributed by atoms with Crippen molar-refractivity contribution in [2.45, 2.75) is 26.7 Å². The number of unbranched alkanes of at least 4 members (excludes halogenated alkanes) is 1. The third-order valence-corrected chi connectivity index (χ3v) is 3.05. The Labute approximate surface area is 118 Å². The average Bonchev–Trinajstić information content (AvgIpc) is 2.44. The van der Waals surface area contributed by atoms with Crippen LogP contribution in [-0.4, -0.2) is 24.8 Å². The number of rotatable bonds is 6. The van der Waals surface area contributed by atoms with E-state index in [0.29, 0.717) is 30.1 Å². The van der Waals surface area contributed by atoms with Gasteiger partial charge in [-0.05, 0) is 31.5 Å². The second-order valence-electron chi connectivity index (χ2n) is 4.54. The van der Waals surface area contributed by atoms with Crippen molar-refractivity contribution in [3.63, 3.8) is 0 Å². The summed E-state index contributed by atoms with van der Waals surface area (Å²) in [5.41, 5.74) is 0.760. The molecule has 0 saturated carbocycles. The van der Waals surface area contributed by atoms with Crippen molar-refractivity contribution in [2.75, 3.05) is 13.2 Å². The van der Waals surface area contributed by atoms with Crippen LogP contribution in [0.1, 0.15) is 47.4 Å². The van der Waals surface area contributed by atoms with Crippen LogP contribution in [0.4, 0.5) is 0 Å². The Morgan fingerprint density at radius 1 is 1.05 bits per heavy atom. The molecule has 106 valence electrons. The molecule has 4 heteroatoms. The fourth-order valence-electron chi connectivity index (χ4n) is 2.01. The Morgan fingerprint density at radius 3 is 2.55 bits per heavy atom. The fourth-order valence-corrected chi connectivity index (χ4v) is 2.01. The highest BCUT2D eigenvalue weighted by Crippen LogP contribution is 2.26. The molecule has 0 amide bonds. The van der Waals surface area contributed by atoms with Gasteiger partial charge in [0.15, 0.2) is 11.5 Å². The van der Waals surface area contributed by atoms with E-state index in [0.717, 1.165) is 12.8 Å². The quantitative estimate of drug-likeness (QED) is 0.748. The molecule has 1 aromatic rings. The highest BCUT2D eigenvalue weighted by Gasteiger charge is 2.27. The van der Waals surface area contributed by atoms with Gasteiger partial charge in [0.25, 0.3) is 0 Å². The van der Waals surface area contributed by atoms with E-state index in [2.05, 4.69) is 0 Å². The molecule has 0 fully saturated rings. The highest BCUT2D eigenvalue weighted by atomic mass is 16.5. The van der Waals surface area contributed by atoms with E-state index in [4.69, 9.17) is 9.47 Å². The molecule has 0 bridgehead atoms. The lowest BCUT2D eigenvalue weighted by atomic mass is 9.93. The number of hydrogen-bond acceptors (Lipinski definition) is 4. The van der Waals surface area contributed by atoms with Crippen molar-refractivity contribution >= 4 is 11.6 Å². The first-order valence-electron chi connectivity index (χ1n) is 6.87. The summed E-state index contributed by atoms with van der Waals surface area (Å²) in [5, 5.41) is 0. The number of benzene rings is 1. The van der Waals surface area contributed by atoms with Crippen LogP contribution in [0.2, 0.25) is 0 Å². The van der Waals surface area contributed by atoms with Crippen molar-refractivity contribution in [1.82, 2.24) is 0 Å². The molecule has 0 unspecified atom stereocenters. The van der Waals surface area contributed by atoms with Crippen LogP contribution >= 0.6 is 0 Å². The number of allylic oxidation sites excluding steroid dienone is 2. The van der Waals surface area contributed by atoms with E-state index in [1.165, 1.54) is 6.08 Å². The number of Topliss-reactive ketones (excluding diaryl/α,β-unsaturated/α-hetero) is 1. The number of fused-ring (bicyclic) bond motifs is 1. The second kappa shape index (κ2) is 6.37. The topological polar surface area (TPSA) is 52.6 Å². The van der Waals surface area contributed by atoms with E-state index in [9.17, 15) is 9.59 Å². The Balaban J connectivity index is 2.26. The Hall–Kier alpha value is -2.10. The normalized spacial score (nSPS) is 13.8. The first-order valence-corrected chi connectivity index (χ1v) is 6.87. The van der Waals surface area contributed by atoms with Gasteiger partial charge in [0.05, 0.1) is 13.2 Å². The van der Waals surface area contributed by atoms with Crippen LogP contribution in [0.25, 0.3) is 0 Å². The summed E-state index contributed by atoms with van der Waals surface area (Å²) in [6.07, 6.45) is 3.10. The molecule has 0 saturated heterocycles. The van der Waals surface area contributed by atoms with Gasteiger partial charge in [0.1, 0.15) is 5.75 Å². The molecule has 0 aromatic heterocycles. The summed E-state index contributed by atoms with van der Waals surface area (Å²) in [5.74, 6) is 0.262. The van der Waals surface area contributed by atoms with Crippen LogP contribution in [-0.2, 0) is 4.74 Å². The third-order valence-electron chi connectivity index (χ3n) is 3.05. The molecule has 0 spiro atoms. The Morgan fingerprint density at radius 2 is 1.85 bits per heavy atom. The highest BCUT2D eigenvalue weighted by molar-refractivity contribution is 6.23. The number of hydrogen-bond donors (Lipinski definition) is 0. The molecule has 0 aliphatic heterocycles. The van der Waals surface area contributed by atoms with Crippen LogP contribution in [0, 0.1) is 0 Å². The van der Waals surface area contributed by atoms with E-state index >= 15 is 0 Å². The van der Waals surface area contributed by atoms with Gasteiger partial charge in [-0.3, -0.25) is 9.59 Å². The zero-order valence-corrected chi connectivity index (χ0v) is 11.8. The van der Waals surface area contributed by atoms with Crippen LogP contribution in [0.15, 0.2) is 30.0 Å². The van der Waals surface area contributed by atoms with E-state index in [1.54, 1.807) is 18.2 Å². The summed E-state index contributed by atoms with van der Waals surface area (Å²) in [4.78, 5) is 24.3. The minimum Gasteiger partial charge on any atom is -0.494 e. The molecule has 0 N–H and O–H groups in total. The molecule has 1 aliphatic rings. The van der Waals surface area contributed by atoms with Crippen LogP contribution in [0.5, 0.6) is 5.75 Å². The van der Waals surface area contributed by atoms with Crippen LogP contribution < -0.4 is 4.74 Å². The van der Waals surface area contributed by atoms with Gasteiger partial charge in [0, 0.05) is 17.2 Å². The largest absolute Gasteiger partial charge is 0.494 e. The minimum atomic E-state index is -0.253. The van der Waals surface area contributed by atoms with E-state index in [-0.39, 0.29) is 17.3 Å². The zero-order valence-electron chi connectivity index (χ0n) is 11.8. The summed E-state index contributed by atoms with van der Waals surface area (Å²) in [7, 11) is 0. The Kier molecular flexibility index (Phi) is 4.56. The maximum absolute atomic E-state index is 12.3. The lowest BCUT2D eigenvalue weighted by molar-refractivity contribution is 0.0880. The molecule has 0 radical (unpaired) electrons. The van der Waals surface area contributed by atoms with Gasteiger partial charge in [-0.25, -0.2) is 0 Å². The molecule has 0 heterocycles. The first-order chi connectivity index (χ1) is 9.67. The van der Waals surface area contributed by atoms with Gasteiger partial charge in [-0.15, -0.1) is 0 Å². The van der Waals surface area contributed by atoms with Crippen molar-refractivity contribution in [2.24, 2.45) is 0 Å². The lowest BCUT2D eigenvalue weighted by Crippen LogP contribution is -2.19. The molecular weight excluding hydrogens is 256 g/mol. The summed E-state index contributed by atoms with van der Waals surface area (Å²) in [6, 6.07) is 4.93. The summed E-state index contributed by atoms with van der Waals surface area (Å²) >= 11 is 0. The lowest BCUT2D eigenvalue weighted by Gasteiger charge is -2.16. The fraction of sp³-hybridized carbons (Fsp3) is 0.375. The number of carbonyl (C=O) groups is 2. The smallest absolute Gasteiger partial charge is 0.228 e. The first kappa shape index (κ1) is 14.3. The summed E-state index contributed by atoms with van der Waals surface area (Å²) < 4.78 is 10.8. The SMILES string of the molecule is CCCCOC1=CC(=O)c2ccc(OCC)cc2C1=O. The molecular formula is C16H18O4. The van der Waals surface area contributed by atoms with Gasteiger partial charge in [-0.2, -0.15) is 0 Å². The van der Waals surface area contributed by atoms with Crippen molar-refractivity contribution in [3.05, 3.63) is 41.2 Å². The summed E-state index contributed by atoms with van der Waals surface area (Å²) in [6.45, 7) is 4.86. The zero-order chi connectivity index (χ0) is 14.5. The van der Waals surface area contributed by atoms with Crippen molar-refractivity contribution in [3.8, 4) is 5.75 Å². The number of carbonyl (C=O) groups excluding carboxylic acids is 2. The van der Waals surface area contributed by atoms with Gasteiger partial charge >= 0.3 is 0 Å². The predicted octanol–water partition coefficient (Wildman–Crippen LogP) is 3.16. The molecule has 2 rings (SSSR count). The molecule has 20 heavy (non-hydrogen) atoms. The van der Waals surface area contributed by atoms with Gasteiger partial charge in [0.2, 0.25) is 5.78 Å². The van der Waals surface area contributed by atoms with Crippen molar-refractivity contribution < 1.29 is 19.1 Å². The van der Waals surface area contributed by atoms with Gasteiger partial charge < -0.3 is 9.47 Å². The van der Waals surface area contributed by atoms with Crippen molar-refractivity contribution in [1.29, 1.82) is 0 Å². The average molecular weight is 274 g/mol. The van der Waals surface area contributed by atoms with E-state index in [1.807, 2.05) is 13.8 Å². The predicted molar refractivity (Wildman–Crippen MR) is 75.2 cm³/mol.